The highest BCUT2D eigenvalue weighted by Crippen LogP contribution is 2.46. The summed E-state index contributed by atoms with van der Waals surface area (Å²) in [6.07, 6.45) is 1.42. The van der Waals surface area contributed by atoms with Gasteiger partial charge in [0.05, 0.1) is 0 Å². The molecule has 2 heterocycles. The Morgan fingerprint density at radius 2 is 0.591 bits per heavy atom. The van der Waals surface area contributed by atoms with E-state index in [1.54, 1.807) is 0 Å². The van der Waals surface area contributed by atoms with Crippen LogP contribution in [0.15, 0.2) is 179 Å². The molecule has 0 atom stereocenters. The standard InChI is InChI=1S/C80H78N2O6/c1-77(2,3)59-35-51-31-55-39-61(79(7,8)9)41-57(75(55)85-45-63-43-69(81-87-63)71-65-25-17-13-21-47(65)29-48-22-14-18-26-66(48)71)33-53-37-60(78(4,5)6)38-54(74(53)84)34-58-42-62(80(10,11)12)40-56(32-52(36-59)73(51)83)76(58)86-46-64-44-70(82-88-64)72-67-27-19-15-23-49(67)30-50-24-16-20-28-68(50)72/h13-30,35-44,83-84H,31-34,45-46H2,1-12H3. The number of ether oxygens (including phenoxy) is 2. The maximum absolute atomic E-state index is 13.1. The van der Waals surface area contributed by atoms with Gasteiger partial charge in [0, 0.05) is 48.9 Å². The number of rotatable bonds is 8. The summed E-state index contributed by atoms with van der Waals surface area (Å²) >= 11 is 0. The highest BCUT2D eigenvalue weighted by atomic mass is 16.5. The maximum atomic E-state index is 13.1. The first-order valence-electron chi connectivity index (χ1n) is 30.9. The molecule has 8 bridgehead atoms. The van der Waals surface area contributed by atoms with Gasteiger partial charge in [0.2, 0.25) is 0 Å². The highest BCUT2D eigenvalue weighted by molar-refractivity contribution is 6.13. The van der Waals surface area contributed by atoms with Crippen LogP contribution in [0.4, 0.5) is 0 Å². The predicted molar refractivity (Wildman–Crippen MR) is 358 cm³/mol. The minimum Gasteiger partial charge on any atom is -0.507 e. The van der Waals surface area contributed by atoms with E-state index in [-0.39, 0.29) is 46.4 Å². The number of fused-ring (bicyclic) bond motifs is 12. The average Bonchev–Trinajstić information content (AvgIpc) is 1.75. The minimum atomic E-state index is -0.280. The molecule has 12 aromatic rings. The largest absolute Gasteiger partial charge is 0.507 e. The first-order valence-corrected chi connectivity index (χ1v) is 30.9. The van der Waals surface area contributed by atoms with E-state index in [1.165, 1.54) is 0 Å². The molecule has 88 heavy (non-hydrogen) atoms. The van der Waals surface area contributed by atoms with E-state index in [0.717, 1.165) is 132 Å². The Kier molecular flexibility index (Phi) is 14.4. The van der Waals surface area contributed by atoms with Crippen LogP contribution >= 0.6 is 0 Å². The number of aromatic nitrogens is 2. The topological polar surface area (TPSA) is 111 Å². The van der Waals surface area contributed by atoms with Crippen molar-refractivity contribution in [3.05, 3.63) is 248 Å². The second-order valence-electron chi connectivity index (χ2n) is 28.6. The molecule has 444 valence electrons. The van der Waals surface area contributed by atoms with Gasteiger partial charge in [-0.3, -0.25) is 0 Å². The minimum absolute atomic E-state index is 0.0894. The molecule has 13 rings (SSSR count). The van der Waals surface area contributed by atoms with E-state index in [2.05, 4.69) is 241 Å². The molecule has 1 aliphatic carbocycles. The Balaban J connectivity index is 0.967. The Morgan fingerprint density at radius 3 is 0.852 bits per heavy atom. The van der Waals surface area contributed by atoms with Crippen LogP contribution in [0.3, 0.4) is 0 Å². The molecule has 0 unspecified atom stereocenters. The SMILES string of the molecule is CC(C)(C)c1cc2c(O)c(c1)Cc1cc(C(C)(C)C)cc(c1OCc1cc(-c3c4ccccc4cc4ccccc34)no1)Cc1cc(C(C)(C)C)cc(c1O)Cc1cc(C(C)(C)C)cc(c1OCc1cc(-c3c4ccccc4cc4ccccc34)no1)C2. The summed E-state index contributed by atoms with van der Waals surface area (Å²) in [7, 11) is 0. The van der Waals surface area contributed by atoms with Crippen LogP contribution in [-0.4, -0.2) is 20.5 Å². The number of phenols is 2. The number of hydrogen-bond donors (Lipinski definition) is 2. The predicted octanol–water partition coefficient (Wildman–Crippen LogP) is 20.0. The molecule has 0 saturated heterocycles. The fourth-order valence-corrected chi connectivity index (χ4v) is 12.9. The summed E-state index contributed by atoms with van der Waals surface area (Å²) in [6, 6.07) is 59.8. The van der Waals surface area contributed by atoms with Gasteiger partial charge in [-0.05, 0) is 144 Å². The van der Waals surface area contributed by atoms with Gasteiger partial charge in [0.15, 0.2) is 11.5 Å². The van der Waals surface area contributed by atoms with Crippen molar-refractivity contribution in [1.82, 2.24) is 10.3 Å². The monoisotopic (exact) mass is 1160 g/mol. The molecule has 0 fully saturated rings. The number of benzene rings is 10. The average molecular weight is 1160 g/mol. The molecule has 2 N–H and O–H groups in total. The lowest BCUT2D eigenvalue weighted by Crippen LogP contribution is -2.16. The summed E-state index contributed by atoms with van der Waals surface area (Å²) in [5.74, 6) is 2.95. The summed E-state index contributed by atoms with van der Waals surface area (Å²) < 4.78 is 26.9. The van der Waals surface area contributed by atoms with Crippen LogP contribution in [0.1, 0.15) is 161 Å². The molecule has 10 aromatic carbocycles. The van der Waals surface area contributed by atoms with Gasteiger partial charge < -0.3 is 28.7 Å². The molecule has 0 spiro atoms. The van der Waals surface area contributed by atoms with E-state index in [4.69, 9.17) is 28.8 Å². The molecule has 0 amide bonds. The van der Waals surface area contributed by atoms with Crippen molar-refractivity contribution in [2.75, 3.05) is 0 Å². The number of hydrogen-bond acceptors (Lipinski definition) is 8. The fraction of sp³-hybridized carbons (Fsp3) is 0.275. The van der Waals surface area contributed by atoms with Crippen LogP contribution in [0.25, 0.3) is 65.6 Å². The lowest BCUT2D eigenvalue weighted by atomic mass is 9.79. The summed E-state index contributed by atoms with van der Waals surface area (Å²) in [5, 5.41) is 44.5. The van der Waals surface area contributed by atoms with Gasteiger partial charge in [0.1, 0.15) is 47.6 Å². The van der Waals surface area contributed by atoms with Crippen molar-refractivity contribution in [1.29, 1.82) is 0 Å². The zero-order chi connectivity index (χ0) is 61.6. The van der Waals surface area contributed by atoms with Crippen molar-refractivity contribution >= 4 is 43.1 Å². The molecule has 2 aromatic heterocycles. The first kappa shape index (κ1) is 57.9. The fourth-order valence-electron chi connectivity index (χ4n) is 12.9. The van der Waals surface area contributed by atoms with Crippen LogP contribution in [0.2, 0.25) is 0 Å². The van der Waals surface area contributed by atoms with Crippen molar-refractivity contribution in [2.24, 2.45) is 0 Å². The normalized spacial score (nSPS) is 13.2. The van der Waals surface area contributed by atoms with Crippen LogP contribution in [-0.2, 0) is 60.6 Å². The van der Waals surface area contributed by atoms with Crippen LogP contribution in [0.5, 0.6) is 23.0 Å². The number of phenolic OH excluding ortho intramolecular Hbond substituents is 2. The van der Waals surface area contributed by atoms with Gasteiger partial charge in [0.25, 0.3) is 0 Å². The van der Waals surface area contributed by atoms with E-state index in [1.807, 2.05) is 12.1 Å². The van der Waals surface area contributed by atoms with E-state index < -0.39 is 0 Å². The quantitative estimate of drug-likeness (QED) is 0.145. The second kappa shape index (κ2) is 21.9. The van der Waals surface area contributed by atoms with Crippen LogP contribution in [0, 0.1) is 0 Å². The molecular weight excluding hydrogens is 1080 g/mol. The zero-order valence-corrected chi connectivity index (χ0v) is 52.8. The number of nitrogens with zero attached hydrogens (tertiary/aromatic N) is 2. The van der Waals surface area contributed by atoms with Gasteiger partial charge in [-0.25, -0.2) is 0 Å². The smallest absolute Gasteiger partial charge is 0.174 e. The van der Waals surface area contributed by atoms with Crippen LogP contribution < -0.4 is 9.47 Å². The van der Waals surface area contributed by atoms with Gasteiger partial charge >= 0.3 is 0 Å². The third kappa shape index (κ3) is 11.2. The van der Waals surface area contributed by atoms with Crippen molar-refractivity contribution in [2.45, 2.75) is 144 Å². The molecule has 8 nitrogen and oxygen atoms in total. The zero-order valence-electron chi connectivity index (χ0n) is 52.8. The lowest BCUT2D eigenvalue weighted by Gasteiger charge is -2.28. The molecule has 8 heteroatoms. The Bertz CT molecular complexity index is 4200. The third-order valence-electron chi connectivity index (χ3n) is 17.9. The lowest BCUT2D eigenvalue weighted by molar-refractivity contribution is 0.246. The van der Waals surface area contributed by atoms with E-state index >= 15 is 0 Å². The summed E-state index contributed by atoms with van der Waals surface area (Å²) in [4.78, 5) is 0. The van der Waals surface area contributed by atoms with Gasteiger partial charge in [-0.15, -0.1) is 0 Å². The molecule has 0 radical (unpaired) electrons. The Hall–Kier alpha value is -9.14. The van der Waals surface area contributed by atoms with E-state index in [9.17, 15) is 10.2 Å². The first-order chi connectivity index (χ1) is 41.9. The molecule has 0 saturated carbocycles. The second-order valence-corrected chi connectivity index (χ2v) is 28.6. The highest BCUT2D eigenvalue weighted by Gasteiger charge is 2.30. The summed E-state index contributed by atoms with van der Waals surface area (Å²) in [6.45, 7) is 26.9. The molecule has 1 aliphatic rings. The number of aromatic hydroxyl groups is 2. The summed E-state index contributed by atoms with van der Waals surface area (Å²) in [5.41, 5.74) is 13.6. The maximum Gasteiger partial charge on any atom is 0.174 e. The van der Waals surface area contributed by atoms with E-state index in [0.29, 0.717) is 48.7 Å². The van der Waals surface area contributed by atoms with Crippen molar-refractivity contribution in [3.63, 3.8) is 0 Å². The Labute approximate surface area is 516 Å². The molecule has 0 aliphatic heterocycles. The van der Waals surface area contributed by atoms with Gasteiger partial charge in [-0.2, -0.15) is 0 Å². The van der Waals surface area contributed by atoms with Crippen molar-refractivity contribution in [3.8, 4) is 45.5 Å². The molecular formula is C80H78N2O6. The third-order valence-corrected chi connectivity index (χ3v) is 17.9. The van der Waals surface area contributed by atoms with Gasteiger partial charge in [-0.1, -0.05) is 239 Å². The van der Waals surface area contributed by atoms with Crippen molar-refractivity contribution < 1.29 is 28.7 Å². The Morgan fingerprint density at radius 1 is 0.341 bits per heavy atom.